The zero-order valence-electron chi connectivity index (χ0n) is 11.3. The van der Waals surface area contributed by atoms with Crippen LogP contribution in [0.5, 0.6) is 0 Å². The van der Waals surface area contributed by atoms with E-state index in [1.54, 1.807) is 13.8 Å². The number of thiophene rings is 1. The molecule has 2 heterocycles. The minimum Gasteiger partial charge on any atom is -0.320 e. The quantitative estimate of drug-likeness (QED) is 0.793. The number of nitrogens with one attached hydrogen (secondary N) is 1. The fraction of sp³-hybridized carbons (Fsp3) is 0.286. The van der Waals surface area contributed by atoms with Crippen LogP contribution >= 0.6 is 11.3 Å². The van der Waals surface area contributed by atoms with Gasteiger partial charge in [-0.05, 0) is 26.0 Å². The second kappa shape index (κ2) is 5.90. The highest BCUT2D eigenvalue weighted by Gasteiger charge is 2.08. The minimum absolute atomic E-state index is 0.176. The highest BCUT2D eigenvalue weighted by molar-refractivity contribution is 7.12. The molecule has 0 aromatic carbocycles. The maximum absolute atomic E-state index is 12.1. The summed E-state index contributed by atoms with van der Waals surface area (Å²) in [5.41, 5.74) is 5.85. The van der Waals surface area contributed by atoms with E-state index in [-0.39, 0.29) is 11.1 Å². The molecular formula is C14H15N3O2S. The number of hydrogen-bond acceptors (Lipinski definition) is 4. The predicted octanol–water partition coefficient (Wildman–Crippen LogP) is 0.573. The third-order valence-corrected chi connectivity index (χ3v) is 3.98. The first kappa shape index (κ1) is 14.3. The summed E-state index contributed by atoms with van der Waals surface area (Å²) in [6, 6.07) is 3.78. The molecule has 2 rings (SSSR count). The summed E-state index contributed by atoms with van der Waals surface area (Å²) in [6.07, 6.45) is 0. The first-order valence-electron chi connectivity index (χ1n) is 6.11. The summed E-state index contributed by atoms with van der Waals surface area (Å²) in [4.78, 5) is 25.6. The van der Waals surface area contributed by atoms with Gasteiger partial charge in [0.2, 0.25) is 0 Å². The van der Waals surface area contributed by atoms with E-state index in [1.807, 2.05) is 12.1 Å². The highest BCUT2D eigenvalue weighted by atomic mass is 32.1. The van der Waals surface area contributed by atoms with Crippen LogP contribution in [0.1, 0.15) is 20.9 Å². The van der Waals surface area contributed by atoms with E-state index in [0.717, 1.165) is 9.75 Å². The van der Waals surface area contributed by atoms with Crippen LogP contribution in [0, 0.1) is 25.7 Å². The van der Waals surface area contributed by atoms with Gasteiger partial charge in [-0.25, -0.2) is 4.68 Å². The lowest BCUT2D eigenvalue weighted by Crippen LogP contribution is -2.33. The average molecular weight is 289 g/mol. The maximum Gasteiger partial charge on any atom is 0.268 e. The Balaban J connectivity index is 2.34. The molecule has 0 bridgehead atoms. The second-order valence-corrected chi connectivity index (χ2v) is 5.52. The van der Waals surface area contributed by atoms with Crippen LogP contribution in [0.4, 0.5) is 0 Å². The van der Waals surface area contributed by atoms with E-state index in [2.05, 4.69) is 16.9 Å². The van der Waals surface area contributed by atoms with Crippen molar-refractivity contribution in [3.05, 3.63) is 53.7 Å². The van der Waals surface area contributed by atoms with Gasteiger partial charge in [0, 0.05) is 16.0 Å². The fourth-order valence-corrected chi connectivity index (χ4v) is 2.60. The maximum atomic E-state index is 12.1. The Hall–Kier alpha value is -2.10. The van der Waals surface area contributed by atoms with Crippen molar-refractivity contribution in [2.24, 2.45) is 5.73 Å². The molecule has 0 aliphatic rings. The molecule has 6 heteroatoms. The van der Waals surface area contributed by atoms with Crippen molar-refractivity contribution in [1.29, 1.82) is 0 Å². The Morgan fingerprint density at radius 2 is 2.05 bits per heavy atom. The predicted molar refractivity (Wildman–Crippen MR) is 80.2 cm³/mol. The topological polar surface area (TPSA) is 80.9 Å². The summed E-state index contributed by atoms with van der Waals surface area (Å²) in [6.45, 7) is 3.96. The van der Waals surface area contributed by atoms with Crippen LogP contribution in [0.25, 0.3) is 0 Å². The van der Waals surface area contributed by atoms with Gasteiger partial charge in [0.05, 0.1) is 18.0 Å². The van der Waals surface area contributed by atoms with E-state index < -0.39 is 0 Å². The lowest BCUT2D eigenvalue weighted by Gasteiger charge is -2.06. The Labute approximate surface area is 120 Å². The van der Waals surface area contributed by atoms with Crippen molar-refractivity contribution < 1.29 is 0 Å². The molecule has 0 saturated heterocycles. The van der Waals surface area contributed by atoms with Gasteiger partial charge in [0.15, 0.2) is 0 Å². The Morgan fingerprint density at radius 1 is 1.30 bits per heavy atom. The molecule has 0 radical (unpaired) electrons. The third-order valence-electron chi connectivity index (χ3n) is 2.99. The Kier molecular flexibility index (Phi) is 4.23. The number of nitrogens with two attached hydrogens (primary N) is 1. The van der Waals surface area contributed by atoms with Crippen LogP contribution in [0.15, 0.2) is 21.7 Å². The minimum atomic E-state index is -0.234. The zero-order valence-corrected chi connectivity index (χ0v) is 12.1. The van der Waals surface area contributed by atoms with Crippen LogP contribution in [-0.2, 0) is 6.54 Å². The fourth-order valence-electron chi connectivity index (χ4n) is 1.73. The summed E-state index contributed by atoms with van der Waals surface area (Å²) in [5.74, 6) is 5.72. The highest BCUT2D eigenvalue weighted by Crippen LogP contribution is 2.15. The van der Waals surface area contributed by atoms with Crippen molar-refractivity contribution >= 4 is 11.3 Å². The zero-order chi connectivity index (χ0) is 14.7. The molecular weight excluding hydrogens is 274 g/mol. The molecule has 104 valence electrons. The monoisotopic (exact) mass is 289 g/mol. The Morgan fingerprint density at radius 3 is 2.75 bits per heavy atom. The van der Waals surface area contributed by atoms with E-state index >= 15 is 0 Å². The van der Waals surface area contributed by atoms with Gasteiger partial charge in [0.25, 0.3) is 11.1 Å². The summed E-state index contributed by atoms with van der Waals surface area (Å²) in [5, 5.41) is 2.58. The van der Waals surface area contributed by atoms with Crippen molar-refractivity contribution in [2.45, 2.75) is 20.4 Å². The lowest BCUT2D eigenvalue weighted by atomic mass is 10.2. The van der Waals surface area contributed by atoms with Gasteiger partial charge < -0.3 is 5.73 Å². The summed E-state index contributed by atoms with van der Waals surface area (Å²) in [7, 11) is 0. The molecule has 2 aromatic rings. The molecule has 0 aliphatic carbocycles. The second-order valence-electron chi connectivity index (χ2n) is 4.35. The van der Waals surface area contributed by atoms with E-state index in [9.17, 15) is 9.59 Å². The smallest absolute Gasteiger partial charge is 0.268 e. The SMILES string of the molecule is Cc1c(C)c(=O)n(Cc2ccc(C#CCN)s2)[nH]c1=O. The molecule has 0 spiro atoms. The molecule has 0 saturated carbocycles. The molecule has 20 heavy (non-hydrogen) atoms. The van der Waals surface area contributed by atoms with Crippen molar-refractivity contribution in [3.63, 3.8) is 0 Å². The van der Waals surface area contributed by atoms with Crippen molar-refractivity contribution in [2.75, 3.05) is 6.54 Å². The third kappa shape index (κ3) is 2.90. The molecule has 0 atom stereocenters. The molecule has 0 aliphatic heterocycles. The standard InChI is InChI=1S/C14H15N3O2S/c1-9-10(2)14(19)17(16-13(9)18)8-12-6-5-11(20-12)4-3-7-15/h5-6H,7-8,15H2,1-2H3,(H,16,18). The number of hydrogen-bond donors (Lipinski definition) is 2. The van der Waals surface area contributed by atoms with Crippen LogP contribution < -0.4 is 16.9 Å². The summed E-state index contributed by atoms with van der Waals surface area (Å²) >= 11 is 1.48. The lowest BCUT2D eigenvalue weighted by molar-refractivity contribution is 0.624. The first-order chi connectivity index (χ1) is 9.52. The van der Waals surface area contributed by atoms with E-state index in [0.29, 0.717) is 24.2 Å². The number of aromatic nitrogens is 2. The molecule has 2 aromatic heterocycles. The molecule has 0 unspecified atom stereocenters. The van der Waals surface area contributed by atoms with E-state index in [1.165, 1.54) is 16.0 Å². The van der Waals surface area contributed by atoms with Gasteiger partial charge in [-0.15, -0.1) is 11.3 Å². The molecule has 5 nitrogen and oxygen atoms in total. The van der Waals surface area contributed by atoms with Crippen LogP contribution in [-0.4, -0.2) is 16.3 Å². The number of H-pyrrole nitrogens is 1. The van der Waals surface area contributed by atoms with Crippen LogP contribution in [0.3, 0.4) is 0 Å². The largest absolute Gasteiger partial charge is 0.320 e. The van der Waals surface area contributed by atoms with Gasteiger partial charge in [-0.3, -0.25) is 14.7 Å². The van der Waals surface area contributed by atoms with Gasteiger partial charge >= 0.3 is 0 Å². The number of rotatable bonds is 2. The molecule has 3 N–H and O–H groups in total. The van der Waals surface area contributed by atoms with Gasteiger partial charge in [0.1, 0.15) is 0 Å². The van der Waals surface area contributed by atoms with Crippen LogP contribution in [0.2, 0.25) is 0 Å². The molecule has 0 fully saturated rings. The van der Waals surface area contributed by atoms with Gasteiger partial charge in [-0.2, -0.15) is 0 Å². The number of aromatic amines is 1. The normalized spacial score (nSPS) is 10.2. The average Bonchev–Trinajstić information content (AvgIpc) is 2.87. The van der Waals surface area contributed by atoms with Crippen molar-refractivity contribution in [3.8, 4) is 11.8 Å². The van der Waals surface area contributed by atoms with Crippen molar-refractivity contribution in [1.82, 2.24) is 9.78 Å². The first-order valence-corrected chi connectivity index (χ1v) is 6.92. The Bertz CT molecular complexity index is 802. The van der Waals surface area contributed by atoms with E-state index in [4.69, 9.17) is 5.73 Å². The summed E-state index contributed by atoms with van der Waals surface area (Å²) < 4.78 is 1.33. The number of nitrogens with zero attached hydrogens (tertiary/aromatic N) is 1. The molecule has 0 amide bonds. The van der Waals surface area contributed by atoms with Gasteiger partial charge in [-0.1, -0.05) is 11.8 Å².